The fourth-order valence-electron chi connectivity index (χ4n) is 2.69. The smallest absolute Gasteiger partial charge is 0.332 e. The van der Waals surface area contributed by atoms with Crippen LogP contribution < -0.4 is 0 Å². The van der Waals surface area contributed by atoms with E-state index in [4.69, 9.17) is 14.2 Å². The van der Waals surface area contributed by atoms with Gasteiger partial charge in [0.1, 0.15) is 13.2 Å². The van der Waals surface area contributed by atoms with Crippen LogP contribution in [0, 0.1) is 0 Å². The van der Waals surface area contributed by atoms with E-state index >= 15 is 0 Å². The molecule has 4 heteroatoms. The molecule has 3 aromatic carbocycles. The Balaban J connectivity index is 1.34. The summed E-state index contributed by atoms with van der Waals surface area (Å²) in [6.45, 7) is 2.91. The topological polar surface area (TPSA) is 44.8 Å². The van der Waals surface area contributed by atoms with E-state index in [0.717, 1.165) is 11.1 Å². The standard InChI is InChI=1S/C23H24O4/c1-18(14-27-23(24)17-25-15-19-7-3-2-4-8-19)26-16-20-11-12-21-9-5-6-10-22(21)13-20/h2-13,18H,14-17H2,1H3. The number of fused-ring (bicyclic) bond motifs is 1. The van der Waals surface area contributed by atoms with E-state index in [0.29, 0.717) is 13.2 Å². The first-order valence-corrected chi connectivity index (χ1v) is 9.07. The van der Waals surface area contributed by atoms with Gasteiger partial charge in [0.2, 0.25) is 0 Å². The Kier molecular flexibility index (Phi) is 6.97. The monoisotopic (exact) mass is 364 g/mol. The summed E-state index contributed by atoms with van der Waals surface area (Å²) in [6, 6.07) is 24.2. The molecule has 0 bridgehead atoms. The van der Waals surface area contributed by atoms with Crippen molar-refractivity contribution in [2.24, 2.45) is 0 Å². The number of carbonyl (C=O) groups excluding carboxylic acids is 1. The minimum absolute atomic E-state index is 0.0632. The number of hydrogen-bond donors (Lipinski definition) is 0. The van der Waals surface area contributed by atoms with E-state index in [2.05, 4.69) is 30.3 Å². The molecule has 3 aromatic rings. The lowest BCUT2D eigenvalue weighted by molar-refractivity contribution is -0.153. The molecule has 3 rings (SSSR count). The summed E-state index contributed by atoms with van der Waals surface area (Å²) in [7, 11) is 0. The summed E-state index contributed by atoms with van der Waals surface area (Å²) in [5.74, 6) is -0.382. The van der Waals surface area contributed by atoms with Crippen LogP contribution in [0.4, 0.5) is 0 Å². The zero-order chi connectivity index (χ0) is 18.9. The normalized spacial score (nSPS) is 12.0. The fraction of sp³-hybridized carbons (Fsp3) is 0.261. The van der Waals surface area contributed by atoms with Gasteiger partial charge in [-0.15, -0.1) is 0 Å². The van der Waals surface area contributed by atoms with E-state index in [1.807, 2.05) is 49.4 Å². The number of hydrogen-bond acceptors (Lipinski definition) is 4. The average molecular weight is 364 g/mol. The first kappa shape index (κ1) is 19.1. The van der Waals surface area contributed by atoms with Gasteiger partial charge in [0.15, 0.2) is 0 Å². The van der Waals surface area contributed by atoms with Gasteiger partial charge < -0.3 is 14.2 Å². The number of rotatable bonds is 9. The molecule has 0 saturated heterocycles. The SMILES string of the molecule is CC(COC(=O)COCc1ccccc1)OCc1ccc2ccccc2c1. The average Bonchev–Trinajstić information content (AvgIpc) is 2.71. The maximum atomic E-state index is 11.8. The van der Waals surface area contributed by atoms with Gasteiger partial charge in [-0.25, -0.2) is 4.79 Å². The van der Waals surface area contributed by atoms with Crippen molar-refractivity contribution in [1.29, 1.82) is 0 Å². The Morgan fingerprint density at radius 1 is 0.852 bits per heavy atom. The van der Waals surface area contributed by atoms with Gasteiger partial charge >= 0.3 is 5.97 Å². The highest BCUT2D eigenvalue weighted by Crippen LogP contribution is 2.16. The van der Waals surface area contributed by atoms with Crippen LogP contribution in [0.5, 0.6) is 0 Å². The molecule has 0 saturated carbocycles. The summed E-state index contributed by atoms with van der Waals surface area (Å²) < 4.78 is 16.4. The van der Waals surface area contributed by atoms with Crippen molar-refractivity contribution in [1.82, 2.24) is 0 Å². The molecular formula is C23H24O4. The molecule has 4 nitrogen and oxygen atoms in total. The summed E-state index contributed by atoms with van der Waals surface area (Å²) in [6.07, 6.45) is -0.186. The van der Waals surface area contributed by atoms with Crippen LogP contribution in [-0.4, -0.2) is 25.3 Å². The lowest BCUT2D eigenvalue weighted by atomic mass is 10.1. The molecular weight excluding hydrogens is 340 g/mol. The Morgan fingerprint density at radius 3 is 2.41 bits per heavy atom. The van der Waals surface area contributed by atoms with Crippen molar-refractivity contribution in [3.63, 3.8) is 0 Å². The predicted octanol–water partition coefficient (Wildman–Crippen LogP) is 4.50. The number of carbonyl (C=O) groups is 1. The second-order valence-electron chi connectivity index (χ2n) is 6.46. The van der Waals surface area contributed by atoms with Gasteiger partial charge in [-0.05, 0) is 34.9 Å². The van der Waals surface area contributed by atoms with Crippen molar-refractivity contribution in [3.05, 3.63) is 83.9 Å². The van der Waals surface area contributed by atoms with Crippen LogP contribution in [0.2, 0.25) is 0 Å². The molecule has 0 spiro atoms. The molecule has 1 unspecified atom stereocenters. The number of benzene rings is 3. The third-order valence-electron chi connectivity index (χ3n) is 4.16. The van der Waals surface area contributed by atoms with E-state index in [1.165, 1.54) is 10.8 Å². The Bertz CT molecular complexity index is 860. The molecule has 0 fully saturated rings. The first-order chi connectivity index (χ1) is 13.2. The molecule has 0 aliphatic rings. The predicted molar refractivity (Wildman–Crippen MR) is 105 cm³/mol. The van der Waals surface area contributed by atoms with Crippen LogP contribution in [0.15, 0.2) is 72.8 Å². The van der Waals surface area contributed by atoms with Crippen molar-refractivity contribution in [2.75, 3.05) is 13.2 Å². The van der Waals surface area contributed by atoms with Crippen LogP contribution in [-0.2, 0) is 32.2 Å². The van der Waals surface area contributed by atoms with Gasteiger partial charge in [-0.3, -0.25) is 0 Å². The van der Waals surface area contributed by atoms with E-state index in [1.54, 1.807) is 0 Å². The van der Waals surface area contributed by atoms with Gasteiger partial charge in [-0.1, -0.05) is 66.7 Å². The van der Waals surface area contributed by atoms with Crippen molar-refractivity contribution < 1.29 is 19.0 Å². The van der Waals surface area contributed by atoms with Crippen LogP contribution in [0.1, 0.15) is 18.1 Å². The summed E-state index contributed by atoms with van der Waals surface area (Å²) in [5.41, 5.74) is 2.12. The molecule has 1 atom stereocenters. The number of esters is 1. The molecule has 0 aromatic heterocycles. The molecule has 0 N–H and O–H groups in total. The maximum Gasteiger partial charge on any atom is 0.332 e. The quantitative estimate of drug-likeness (QED) is 0.524. The highest BCUT2D eigenvalue weighted by Gasteiger charge is 2.09. The zero-order valence-corrected chi connectivity index (χ0v) is 15.5. The minimum Gasteiger partial charge on any atom is -0.461 e. The minimum atomic E-state index is -0.382. The summed E-state index contributed by atoms with van der Waals surface area (Å²) >= 11 is 0. The third kappa shape index (κ3) is 6.20. The van der Waals surface area contributed by atoms with Crippen molar-refractivity contribution in [3.8, 4) is 0 Å². The molecule has 0 aliphatic heterocycles. The Hall–Kier alpha value is -2.69. The molecule has 0 aliphatic carbocycles. The lowest BCUT2D eigenvalue weighted by Gasteiger charge is -2.14. The summed E-state index contributed by atoms with van der Waals surface area (Å²) in [4.78, 5) is 11.8. The fourth-order valence-corrected chi connectivity index (χ4v) is 2.69. The third-order valence-corrected chi connectivity index (χ3v) is 4.16. The molecule has 0 radical (unpaired) electrons. The first-order valence-electron chi connectivity index (χ1n) is 9.07. The molecule has 27 heavy (non-hydrogen) atoms. The molecule has 0 amide bonds. The lowest BCUT2D eigenvalue weighted by Crippen LogP contribution is -2.21. The Morgan fingerprint density at radius 2 is 1.59 bits per heavy atom. The van der Waals surface area contributed by atoms with Crippen LogP contribution in [0.3, 0.4) is 0 Å². The second-order valence-corrected chi connectivity index (χ2v) is 6.46. The van der Waals surface area contributed by atoms with E-state index in [-0.39, 0.29) is 25.3 Å². The number of ether oxygens (including phenoxy) is 3. The van der Waals surface area contributed by atoms with Crippen LogP contribution >= 0.6 is 0 Å². The molecule has 0 heterocycles. The zero-order valence-electron chi connectivity index (χ0n) is 15.5. The van der Waals surface area contributed by atoms with Crippen molar-refractivity contribution >= 4 is 16.7 Å². The van der Waals surface area contributed by atoms with E-state index < -0.39 is 0 Å². The molecule has 140 valence electrons. The largest absolute Gasteiger partial charge is 0.461 e. The van der Waals surface area contributed by atoms with Gasteiger partial charge in [-0.2, -0.15) is 0 Å². The summed E-state index contributed by atoms with van der Waals surface area (Å²) in [5, 5.41) is 2.40. The highest BCUT2D eigenvalue weighted by atomic mass is 16.6. The second kappa shape index (κ2) is 9.86. The van der Waals surface area contributed by atoms with Gasteiger partial charge in [0.05, 0.1) is 19.3 Å². The highest BCUT2D eigenvalue weighted by molar-refractivity contribution is 5.82. The van der Waals surface area contributed by atoms with Crippen molar-refractivity contribution in [2.45, 2.75) is 26.2 Å². The van der Waals surface area contributed by atoms with Crippen LogP contribution in [0.25, 0.3) is 10.8 Å². The Labute approximate surface area is 159 Å². The maximum absolute atomic E-state index is 11.8. The van der Waals surface area contributed by atoms with Gasteiger partial charge in [0, 0.05) is 0 Å². The van der Waals surface area contributed by atoms with E-state index in [9.17, 15) is 4.79 Å². The van der Waals surface area contributed by atoms with Gasteiger partial charge in [0.25, 0.3) is 0 Å².